The fraction of sp³-hybridized carbons (Fsp3) is 0.179. The predicted octanol–water partition coefficient (Wildman–Crippen LogP) is 15.2. The summed E-state index contributed by atoms with van der Waals surface area (Å²) in [6.07, 6.45) is 8.49. The molecule has 2 nitrogen and oxygen atoms in total. The second-order valence-electron chi connectivity index (χ2n) is 17.6. The zero-order valence-corrected chi connectivity index (χ0v) is 32.8. The van der Waals surface area contributed by atoms with Crippen LogP contribution in [0.25, 0.3) is 60.5 Å². The summed E-state index contributed by atoms with van der Waals surface area (Å²) in [6, 6.07) is 69.9. The quantitative estimate of drug-likeness (QED) is 0.158. The Morgan fingerprint density at radius 1 is 0.414 bits per heavy atom. The maximum absolute atomic E-state index is 2.55. The maximum Gasteiger partial charge on any atom is 0.0547 e. The molecule has 9 aromatic rings. The molecular weight excluding hydrogens is 701 g/mol. The first-order chi connectivity index (χ1) is 28.7. The molecule has 0 saturated heterocycles. The minimum Gasteiger partial charge on any atom is -0.310 e. The summed E-state index contributed by atoms with van der Waals surface area (Å²) in [5.41, 5.74) is 14.0. The van der Waals surface area contributed by atoms with Crippen molar-refractivity contribution in [3.05, 3.63) is 194 Å². The Bertz CT molecular complexity index is 2940. The number of rotatable bonds is 7. The SMILES string of the molecule is c1ccc(-c2ccc(N(c3ccc(-c4cccc(-n5c6ccccc6c6c7ccccc7ccc65)c4)cc3)c3cccc(C45CC6C[C@H](C4)C[C@H](C6)C5)c3)cc2)cc1. The lowest BCUT2D eigenvalue weighted by Crippen LogP contribution is -2.48. The smallest absolute Gasteiger partial charge is 0.0547 e. The molecule has 0 atom stereocenters. The van der Waals surface area contributed by atoms with Crippen molar-refractivity contribution in [2.45, 2.75) is 43.9 Å². The molecule has 4 bridgehead atoms. The normalized spacial score (nSPS) is 20.9. The highest BCUT2D eigenvalue weighted by Crippen LogP contribution is 2.61. The first kappa shape index (κ1) is 33.7. The summed E-state index contributed by atoms with van der Waals surface area (Å²) in [5.74, 6) is 2.74. The second kappa shape index (κ2) is 13.4. The highest BCUT2D eigenvalue weighted by molar-refractivity contribution is 6.21. The number of benzene rings is 8. The molecule has 4 aliphatic carbocycles. The highest BCUT2D eigenvalue weighted by Gasteiger charge is 2.51. The number of anilines is 3. The van der Waals surface area contributed by atoms with Gasteiger partial charge < -0.3 is 9.47 Å². The monoisotopic (exact) mass is 746 g/mol. The summed E-state index contributed by atoms with van der Waals surface area (Å²) in [5, 5.41) is 5.16. The van der Waals surface area contributed by atoms with Crippen LogP contribution >= 0.6 is 0 Å². The summed E-state index contributed by atoms with van der Waals surface area (Å²) < 4.78 is 2.44. The van der Waals surface area contributed by atoms with E-state index in [1.54, 1.807) is 5.56 Å². The topological polar surface area (TPSA) is 8.17 Å². The first-order valence-corrected chi connectivity index (χ1v) is 21.3. The van der Waals surface area contributed by atoms with E-state index in [1.165, 1.54) is 116 Å². The zero-order valence-electron chi connectivity index (χ0n) is 32.8. The van der Waals surface area contributed by atoms with Crippen LogP contribution in [0, 0.1) is 17.8 Å². The summed E-state index contributed by atoms with van der Waals surface area (Å²) in [6.45, 7) is 0. The van der Waals surface area contributed by atoms with Gasteiger partial charge in [0, 0.05) is 33.5 Å². The summed E-state index contributed by atoms with van der Waals surface area (Å²) in [7, 11) is 0. The molecule has 0 radical (unpaired) electrons. The molecule has 0 spiro atoms. The van der Waals surface area contributed by atoms with Crippen molar-refractivity contribution in [2.75, 3.05) is 4.90 Å². The molecule has 4 aliphatic rings. The third-order valence-electron chi connectivity index (χ3n) is 14.1. The van der Waals surface area contributed by atoms with Crippen molar-refractivity contribution in [3.8, 4) is 27.9 Å². The van der Waals surface area contributed by atoms with Gasteiger partial charge in [-0.15, -0.1) is 0 Å². The Kier molecular flexibility index (Phi) is 7.76. The number of aromatic nitrogens is 1. The molecular formula is C56H46N2. The maximum atomic E-state index is 2.55. The van der Waals surface area contributed by atoms with E-state index in [1.807, 2.05) is 0 Å². The van der Waals surface area contributed by atoms with Gasteiger partial charge in [0.1, 0.15) is 0 Å². The van der Waals surface area contributed by atoms with E-state index < -0.39 is 0 Å². The minimum atomic E-state index is 0.339. The van der Waals surface area contributed by atoms with Gasteiger partial charge in [0.05, 0.1) is 11.0 Å². The van der Waals surface area contributed by atoms with Gasteiger partial charge in [-0.05, 0) is 161 Å². The van der Waals surface area contributed by atoms with Gasteiger partial charge in [0.2, 0.25) is 0 Å². The molecule has 0 unspecified atom stereocenters. The van der Waals surface area contributed by atoms with E-state index in [-0.39, 0.29) is 0 Å². The van der Waals surface area contributed by atoms with Crippen LogP contribution in [0.4, 0.5) is 17.1 Å². The number of hydrogen-bond donors (Lipinski definition) is 0. The van der Waals surface area contributed by atoms with Gasteiger partial charge in [0.25, 0.3) is 0 Å². The third kappa shape index (κ3) is 5.53. The van der Waals surface area contributed by atoms with Crippen LogP contribution in [-0.4, -0.2) is 4.57 Å². The van der Waals surface area contributed by atoms with Gasteiger partial charge in [0.15, 0.2) is 0 Å². The van der Waals surface area contributed by atoms with Gasteiger partial charge in [-0.2, -0.15) is 0 Å². The lowest BCUT2D eigenvalue weighted by molar-refractivity contribution is -0.00516. The van der Waals surface area contributed by atoms with Crippen LogP contribution in [0.2, 0.25) is 0 Å². The Balaban J connectivity index is 0.935. The first-order valence-electron chi connectivity index (χ1n) is 21.3. The summed E-state index contributed by atoms with van der Waals surface area (Å²) in [4.78, 5) is 2.47. The van der Waals surface area contributed by atoms with Gasteiger partial charge >= 0.3 is 0 Å². The summed E-state index contributed by atoms with van der Waals surface area (Å²) >= 11 is 0. The highest BCUT2D eigenvalue weighted by atomic mass is 15.1. The second-order valence-corrected chi connectivity index (χ2v) is 17.6. The molecule has 4 saturated carbocycles. The van der Waals surface area contributed by atoms with Gasteiger partial charge in [-0.3, -0.25) is 0 Å². The fourth-order valence-corrected chi connectivity index (χ4v) is 12.0. The van der Waals surface area contributed by atoms with E-state index in [0.717, 1.165) is 17.8 Å². The van der Waals surface area contributed by atoms with Crippen molar-refractivity contribution < 1.29 is 0 Å². The van der Waals surface area contributed by atoms with E-state index >= 15 is 0 Å². The van der Waals surface area contributed by atoms with Crippen LogP contribution < -0.4 is 4.90 Å². The molecule has 0 aliphatic heterocycles. The van der Waals surface area contributed by atoms with Crippen molar-refractivity contribution >= 4 is 49.6 Å². The Morgan fingerprint density at radius 2 is 1.00 bits per heavy atom. The number of nitrogens with zero attached hydrogens (tertiary/aromatic N) is 2. The number of hydrogen-bond acceptors (Lipinski definition) is 1. The molecule has 8 aromatic carbocycles. The van der Waals surface area contributed by atoms with E-state index in [9.17, 15) is 0 Å². The molecule has 1 heterocycles. The van der Waals surface area contributed by atoms with E-state index in [0.29, 0.717) is 5.41 Å². The third-order valence-corrected chi connectivity index (χ3v) is 14.1. The molecule has 58 heavy (non-hydrogen) atoms. The van der Waals surface area contributed by atoms with E-state index in [2.05, 4.69) is 198 Å². The van der Waals surface area contributed by atoms with Crippen molar-refractivity contribution in [3.63, 3.8) is 0 Å². The lowest BCUT2D eigenvalue weighted by Gasteiger charge is -2.57. The fourth-order valence-electron chi connectivity index (χ4n) is 12.0. The van der Waals surface area contributed by atoms with E-state index in [4.69, 9.17) is 0 Å². The van der Waals surface area contributed by atoms with Crippen LogP contribution in [-0.2, 0) is 5.41 Å². The molecule has 0 amide bonds. The molecule has 2 heteroatoms. The van der Waals surface area contributed by atoms with Crippen molar-refractivity contribution in [1.82, 2.24) is 4.57 Å². The molecule has 13 rings (SSSR count). The molecule has 280 valence electrons. The standard InChI is InChI=1S/C56H46N2/c1-2-10-41(11-3-1)42-20-25-47(26-21-42)57(50-16-9-14-46(34-50)56-35-38-30-39(36-56)32-40(31-38)37-56)48-27-22-43(23-28-48)45-13-8-15-49(33-45)58-53-19-7-6-18-52(53)55-51-17-5-4-12-44(51)24-29-54(55)58/h1-29,33-34,38-40H,30-32,35-37H2/t38-,39-,40?,56?/m1/s1. The average Bonchev–Trinajstić information content (AvgIpc) is 3.62. The molecule has 1 aromatic heterocycles. The Morgan fingerprint density at radius 3 is 1.72 bits per heavy atom. The average molecular weight is 747 g/mol. The minimum absolute atomic E-state index is 0.339. The molecule has 4 fully saturated rings. The van der Waals surface area contributed by atoms with Crippen LogP contribution in [0.1, 0.15) is 44.1 Å². The Labute approximate surface area is 341 Å². The van der Waals surface area contributed by atoms with Crippen molar-refractivity contribution in [2.24, 2.45) is 17.8 Å². The largest absolute Gasteiger partial charge is 0.310 e. The lowest BCUT2D eigenvalue weighted by atomic mass is 9.48. The van der Waals surface area contributed by atoms with Crippen molar-refractivity contribution in [1.29, 1.82) is 0 Å². The van der Waals surface area contributed by atoms with Crippen LogP contribution in [0.15, 0.2) is 188 Å². The molecule has 0 N–H and O–H groups in total. The van der Waals surface area contributed by atoms with Crippen LogP contribution in [0.3, 0.4) is 0 Å². The van der Waals surface area contributed by atoms with Gasteiger partial charge in [-0.25, -0.2) is 0 Å². The zero-order chi connectivity index (χ0) is 38.2. The number of fused-ring (bicyclic) bond motifs is 5. The van der Waals surface area contributed by atoms with Crippen LogP contribution in [0.5, 0.6) is 0 Å². The Hall–Kier alpha value is -6.38. The van der Waals surface area contributed by atoms with Gasteiger partial charge in [-0.1, -0.05) is 127 Å². The predicted molar refractivity (Wildman–Crippen MR) is 244 cm³/mol. The number of para-hydroxylation sites is 1.